The van der Waals surface area contributed by atoms with Crippen molar-refractivity contribution in [2.75, 3.05) is 0 Å². The van der Waals surface area contributed by atoms with Gasteiger partial charge in [0.1, 0.15) is 11.5 Å². The summed E-state index contributed by atoms with van der Waals surface area (Å²) in [6.07, 6.45) is 6.55. The molecule has 0 saturated heterocycles. The van der Waals surface area contributed by atoms with Gasteiger partial charge in [-0.1, -0.05) is 35.4 Å². The van der Waals surface area contributed by atoms with E-state index in [1.54, 1.807) is 24.3 Å². The van der Waals surface area contributed by atoms with Crippen molar-refractivity contribution in [1.29, 1.82) is 0 Å². The molecule has 0 aromatic heterocycles. The minimum Gasteiger partial charge on any atom is -0.507 e. The van der Waals surface area contributed by atoms with E-state index >= 15 is 0 Å². The number of benzene rings is 2. The summed E-state index contributed by atoms with van der Waals surface area (Å²) in [5.41, 5.74) is 4.31. The van der Waals surface area contributed by atoms with Crippen LogP contribution in [0, 0.1) is 0 Å². The molecule has 3 N–H and O–H groups in total. The van der Waals surface area contributed by atoms with Crippen molar-refractivity contribution < 1.29 is 20.1 Å². The summed E-state index contributed by atoms with van der Waals surface area (Å²) in [5.74, 6) is -1.02. The van der Waals surface area contributed by atoms with E-state index in [4.69, 9.17) is 5.11 Å². The Morgan fingerprint density at radius 1 is 0.963 bits per heavy atom. The zero-order chi connectivity index (χ0) is 20.0. The van der Waals surface area contributed by atoms with Gasteiger partial charge in [0.15, 0.2) is 0 Å². The van der Waals surface area contributed by atoms with Gasteiger partial charge >= 0.3 is 5.97 Å². The molecule has 27 heavy (non-hydrogen) atoms. The SMILES string of the molecule is CC(C)=CCC/C(C)=C/Cc1c(O)cc(-c2cccc(C(=O)O)c2)cc1O. The molecule has 2 aromatic carbocycles. The first-order valence-electron chi connectivity index (χ1n) is 8.95. The summed E-state index contributed by atoms with van der Waals surface area (Å²) in [4.78, 5) is 11.1. The highest BCUT2D eigenvalue weighted by Gasteiger charge is 2.12. The Hall–Kier alpha value is -3.01. The normalized spacial score (nSPS) is 11.3. The second kappa shape index (κ2) is 9.08. The second-order valence-corrected chi connectivity index (χ2v) is 6.95. The maximum atomic E-state index is 11.1. The van der Waals surface area contributed by atoms with Gasteiger partial charge in [0, 0.05) is 5.56 Å². The molecule has 4 heteroatoms. The molecule has 0 fully saturated rings. The number of phenols is 2. The van der Waals surface area contributed by atoms with Crippen LogP contribution in [0.15, 0.2) is 59.7 Å². The molecule has 0 atom stereocenters. The van der Waals surface area contributed by atoms with Gasteiger partial charge in [-0.3, -0.25) is 0 Å². The monoisotopic (exact) mass is 366 g/mol. The maximum absolute atomic E-state index is 11.1. The number of carbonyl (C=O) groups is 1. The lowest BCUT2D eigenvalue weighted by molar-refractivity contribution is 0.0697. The van der Waals surface area contributed by atoms with Gasteiger partial charge < -0.3 is 15.3 Å². The van der Waals surface area contributed by atoms with Crippen LogP contribution in [0.2, 0.25) is 0 Å². The topological polar surface area (TPSA) is 77.8 Å². The van der Waals surface area contributed by atoms with E-state index < -0.39 is 5.97 Å². The third-order valence-electron chi connectivity index (χ3n) is 4.39. The predicted octanol–water partition coefficient (Wildman–Crippen LogP) is 5.70. The summed E-state index contributed by atoms with van der Waals surface area (Å²) in [5, 5.41) is 29.8. The summed E-state index contributed by atoms with van der Waals surface area (Å²) in [7, 11) is 0. The minimum absolute atomic E-state index is 0.000855. The smallest absolute Gasteiger partial charge is 0.335 e. The summed E-state index contributed by atoms with van der Waals surface area (Å²) >= 11 is 0. The number of carboxylic acids is 1. The highest BCUT2D eigenvalue weighted by molar-refractivity contribution is 5.89. The molecule has 0 aliphatic rings. The zero-order valence-electron chi connectivity index (χ0n) is 16.0. The van der Waals surface area contributed by atoms with Crippen LogP contribution in [0.5, 0.6) is 11.5 Å². The molecular formula is C23H26O4. The van der Waals surface area contributed by atoms with Crippen LogP contribution in [-0.2, 0) is 6.42 Å². The van der Waals surface area contributed by atoms with Crippen molar-refractivity contribution in [1.82, 2.24) is 0 Å². The summed E-state index contributed by atoms with van der Waals surface area (Å²) < 4.78 is 0. The van der Waals surface area contributed by atoms with E-state index in [1.807, 2.05) is 13.0 Å². The quantitative estimate of drug-likeness (QED) is 0.549. The standard InChI is InChI=1S/C23H26O4/c1-15(2)6-4-7-16(3)10-11-20-21(24)13-19(14-22(20)25)17-8-5-9-18(12-17)23(26)27/h5-6,8-10,12-14,24-25H,4,7,11H2,1-3H3,(H,26,27)/b16-10+. The molecule has 4 nitrogen and oxygen atoms in total. The van der Waals surface area contributed by atoms with Gasteiger partial charge in [-0.15, -0.1) is 0 Å². The van der Waals surface area contributed by atoms with Crippen molar-refractivity contribution in [3.63, 3.8) is 0 Å². The molecule has 0 saturated carbocycles. The number of hydrogen-bond acceptors (Lipinski definition) is 3. The average molecular weight is 366 g/mol. The van der Waals surface area contributed by atoms with E-state index in [9.17, 15) is 15.0 Å². The second-order valence-electron chi connectivity index (χ2n) is 6.95. The molecule has 0 aliphatic heterocycles. The Bertz CT molecular complexity index is 864. The fourth-order valence-corrected chi connectivity index (χ4v) is 2.82. The molecule has 0 aliphatic carbocycles. The Morgan fingerprint density at radius 2 is 1.63 bits per heavy atom. The highest BCUT2D eigenvalue weighted by atomic mass is 16.4. The molecule has 142 valence electrons. The molecule has 2 rings (SSSR count). The number of rotatable bonds is 7. The Morgan fingerprint density at radius 3 is 2.22 bits per heavy atom. The number of carboxylic acid groups (broad SMARTS) is 1. The lowest BCUT2D eigenvalue weighted by atomic mass is 9.98. The van der Waals surface area contributed by atoms with Crippen LogP contribution < -0.4 is 0 Å². The Labute approximate surface area is 160 Å². The van der Waals surface area contributed by atoms with Gasteiger partial charge in [-0.2, -0.15) is 0 Å². The lowest BCUT2D eigenvalue weighted by Gasteiger charge is -2.10. The molecule has 0 bridgehead atoms. The Balaban J connectivity index is 2.21. The van der Waals surface area contributed by atoms with Crippen molar-refractivity contribution >= 4 is 5.97 Å². The van der Waals surface area contributed by atoms with Crippen molar-refractivity contribution in [2.24, 2.45) is 0 Å². The van der Waals surface area contributed by atoms with Crippen molar-refractivity contribution in [2.45, 2.75) is 40.0 Å². The van der Waals surface area contributed by atoms with E-state index in [0.717, 1.165) is 12.8 Å². The third-order valence-corrected chi connectivity index (χ3v) is 4.39. The molecule has 2 aromatic rings. The third kappa shape index (κ3) is 5.74. The van der Waals surface area contributed by atoms with Crippen LogP contribution in [0.4, 0.5) is 0 Å². The van der Waals surface area contributed by atoms with Gasteiger partial charge in [0.2, 0.25) is 0 Å². The molecule has 0 radical (unpaired) electrons. The van der Waals surface area contributed by atoms with Crippen LogP contribution >= 0.6 is 0 Å². The molecule has 0 heterocycles. The van der Waals surface area contributed by atoms with Crippen molar-refractivity contribution in [3.8, 4) is 22.6 Å². The maximum Gasteiger partial charge on any atom is 0.335 e. The average Bonchev–Trinajstić information content (AvgIpc) is 2.60. The van der Waals surface area contributed by atoms with E-state index in [-0.39, 0.29) is 17.1 Å². The summed E-state index contributed by atoms with van der Waals surface area (Å²) in [6, 6.07) is 9.52. The number of aromatic carboxylic acids is 1. The number of phenolic OH excluding ortho intramolecular Hbond substituents is 2. The zero-order valence-corrected chi connectivity index (χ0v) is 16.0. The van der Waals surface area contributed by atoms with Crippen LogP contribution in [0.3, 0.4) is 0 Å². The van der Waals surface area contributed by atoms with Crippen LogP contribution in [0.25, 0.3) is 11.1 Å². The largest absolute Gasteiger partial charge is 0.507 e. The molecule has 0 amide bonds. The first kappa shape index (κ1) is 20.3. The van der Waals surface area contributed by atoms with E-state index in [0.29, 0.717) is 23.1 Å². The summed E-state index contributed by atoms with van der Waals surface area (Å²) in [6.45, 7) is 6.18. The van der Waals surface area contributed by atoms with Crippen LogP contribution in [0.1, 0.15) is 49.5 Å². The minimum atomic E-state index is -1.02. The fourth-order valence-electron chi connectivity index (χ4n) is 2.82. The van der Waals surface area contributed by atoms with Gasteiger partial charge in [0.05, 0.1) is 5.56 Å². The molecule has 0 spiro atoms. The fraction of sp³-hybridized carbons (Fsp3) is 0.261. The lowest BCUT2D eigenvalue weighted by Crippen LogP contribution is -1.96. The first-order chi connectivity index (χ1) is 12.8. The Kier molecular flexibility index (Phi) is 6.83. The van der Waals surface area contributed by atoms with Gasteiger partial charge in [-0.05, 0) is 75.4 Å². The number of hydrogen-bond donors (Lipinski definition) is 3. The first-order valence-corrected chi connectivity index (χ1v) is 8.95. The molecular weight excluding hydrogens is 340 g/mol. The van der Waals surface area contributed by atoms with Crippen molar-refractivity contribution in [3.05, 3.63) is 70.8 Å². The van der Waals surface area contributed by atoms with Gasteiger partial charge in [-0.25, -0.2) is 4.79 Å². The number of allylic oxidation sites excluding steroid dienone is 4. The van der Waals surface area contributed by atoms with E-state index in [1.165, 1.54) is 23.3 Å². The molecule has 0 unspecified atom stereocenters. The van der Waals surface area contributed by atoms with Crippen LogP contribution in [-0.4, -0.2) is 21.3 Å². The van der Waals surface area contributed by atoms with Gasteiger partial charge in [0.25, 0.3) is 0 Å². The van der Waals surface area contributed by atoms with E-state index in [2.05, 4.69) is 19.9 Å². The number of aromatic hydroxyl groups is 2. The highest BCUT2D eigenvalue weighted by Crippen LogP contribution is 2.34. The predicted molar refractivity (Wildman–Crippen MR) is 108 cm³/mol.